The van der Waals surface area contributed by atoms with E-state index in [-0.39, 0.29) is 19.1 Å². The van der Waals surface area contributed by atoms with Crippen LogP contribution in [-0.2, 0) is 14.3 Å². The molecule has 1 aliphatic rings. The van der Waals surface area contributed by atoms with Gasteiger partial charge >= 0.3 is 12.1 Å². The number of aliphatic carboxylic acids is 1. The standard InChI is InChI=1S/C23H26N2O5/c1-2-7-15(22(28)24-13-21(26)27)12-25-23(29)30-14-20-18-10-5-3-8-16(18)17-9-4-6-11-19(17)20/h3-6,8-11,15,20H,2,7,12-14H2,1H3,(H,24,28)(H,25,29)(H,26,27). The van der Waals surface area contributed by atoms with Crippen LogP contribution in [0.15, 0.2) is 48.5 Å². The monoisotopic (exact) mass is 410 g/mol. The van der Waals surface area contributed by atoms with E-state index in [0.717, 1.165) is 28.7 Å². The van der Waals surface area contributed by atoms with Gasteiger partial charge in [-0.2, -0.15) is 0 Å². The van der Waals surface area contributed by atoms with Crippen LogP contribution in [0.3, 0.4) is 0 Å². The SMILES string of the molecule is CCCC(CNC(=O)OCC1c2ccccc2-c2ccccc21)C(=O)NCC(=O)O. The third-order valence-corrected chi connectivity index (χ3v) is 5.26. The number of carbonyl (C=O) groups excluding carboxylic acids is 2. The van der Waals surface area contributed by atoms with Gasteiger partial charge in [0, 0.05) is 12.5 Å². The van der Waals surface area contributed by atoms with Crippen molar-refractivity contribution in [2.45, 2.75) is 25.7 Å². The van der Waals surface area contributed by atoms with Gasteiger partial charge in [0.2, 0.25) is 5.91 Å². The molecule has 0 radical (unpaired) electrons. The molecule has 0 heterocycles. The Morgan fingerprint density at radius 1 is 1.00 bits per heavy atom. The van der Waals surface area contributed by atoms with Crippen molar-refractivity contribution in [2.75, 3.05) is 19.7 Å². The molecule has 0 aromatic heterocycles. The lowest BCUT2D eigenvalue weighted by atomic mass is 9.98. The highest BCUT2D eigenvalue weighted by Gasteiger charge is 2.29. The maximum absolute atomic E-state index is 12.3. The van der Waals surface area contributed by atoms with Crippen LogP contribution in [0.4, 0.5) is 4.79 Å². The van der Waals surface area contributed by atoms with E-state index < -0.39 is 30.4 Å². The minimum absolute atomic E-state index is 0.0338. The number of alkyl carbamates (subject to hydrolysis) is 1. The lowest BCUT2D eigenvalue weighted by molar-refractivity contribution is -0.138. The predicted molar refractivity (Wildman–Crippen MR) is 112 cm³/mol. The highest BCUT2D eigenvalue weighted by molar-refractivity contribution is 5.83. The topological polar surface area (TPSA) is 105 Å². The third-order valence-electron chi connectivity index (χ3n) is 5.26. The molecule has 7 nitrogen and oxygen atoms in total. The number of fused-ring (bicyclic) bond motifs is 3. The fourth-order valence-electron chi connectivity index (χ4n) is 3.84. The summed E-state index contributed by atoms with van der Waals surface area (Å²) in [4.78, 5) is 35.0. The number of hydrogen-bond acceptors (Lipinski definition) is 4. The minimum Gasteiger partial charge on any atom is -0.480 e. The zero-order chi connectivity index (χ0) is 21.5. The molecule has 2 aromatic carbocycles. The van der Waals surface area contributed by atoms with Crippen LogP contribution < -0.4 is 10.6 Å². The molecule has 3 rings (SSSR count). The van der Waals surface area contributed by atoms with Crippen LogP contribution in [0.5, 0.6) is 0 Å². The Kier molecular flexibility index (Phi) is 7.06. The molecule has 2 amide bonds. The Bertz CT molecular complexity index is 882. The molecular weight excluding hydrogens is 384 g/mol. The summed E-state index contributed by atoms with van der Waals surface area (Å²) in [5, 5.41) is 13.7. The van der Waals surface area contributed by atoms with Gasteiger partial charge in [0.05, 0.1) is 5.92 Å². The number of benzene rings is 2. The van der Waals surface area contributed by atoms with Gasteiger partial charge in [0.15, 0.2) is 0 Å². The Morgan fingerprint density at radius 3 is 2.17 bits per heavy atom. The second-order valence-electron chi connectivity index (χ2n) is 7.30. The Morgan fingerprint density at radius 2 is 1.60 bits per heavy atom. The van der Waals surface area contributed by atoms with Crippen LogP contribution in [0.2, 0.25) is 0 Å². The van der Waals surface area contributed by atoms with Crippen molar-refractivity contribution in [3.63, 3.8) is 0 Å². The van der Waals surface area contributed by atoms with Crippen molar-refractivity contribution >= 4 is 18.0 Å². The number of rotatable bonds is 9. The number of carbonyl (C=O) groups is 3. The summed E-state index contributed by atoms with van der Waals surface area (Å²) in [6.45, 7) is 1.77. The molecule has 0 saturated heterocycles. The molecular formula is C23H26N2O5. The molecule has 0 bridgehead atoms. The average Bonchev–Trinajstić information content (AvgIpc) is 3.07. The molecule has 30 heavy (non-hydrogen) atoms. The van der Waals surface area contributed by atoms with E-state index in [1.165, 1.54) is 0 Å². The molecule has 1 unspecified atom stereocenters. The van der Waals surface area contributed by atoms with Crippen molar-refractivity contribution in [1.29, 1.82) is 0 Å². The lowest BCUT2D eigenvalue weighted by Crippen LogP contribution is -2.40. The van der Waals surface area contributed by atoms with Crippen LogP contribution >= 0.6 is 0 Å². The Labute approximate surface area is 175 Å². The van der Waals surface area contributed by atoms with E-state index in [2.05, 4.69) is 22.8 Å². The number of carboxylic acids is 1. The molecule has 0 saturated carbocycles. The quantitative estimate of drug-likeness (QED) is 0.589. The van der Waals surface area contributed by atoms with Gasteiger partial charge in [-0.1, -0.05) is 61.9 Å². The zero-order valence-electron chi connectivity index (χ0n) is 16.9. The largest absolute Gasteiger partial charge is 0.480 e. The predicted octanol–water partition coefficient (Wildman–Crippen LogP) is 3.14. The first-order chi connectivity index (χ1) is 14.5. The summed E-state index contributed by atoms with van der Waals surface area (Å²) in [5.41, 5.74) is 4.56. The van der Waals surface area contributed by atoms with Gasteiger partial charge in [-0.05, 0) is 28.7 Å². The van der Waals surface area contributed by atoms with Crippen LogP contribution in [-0.4, -0.2) is 42.8 Å². The lowest BCUT2D eigenvalue weighted by Gasteiger charge is -2.18. The van der Waals surface area contributed by atoms with Gasteiger partial charge in [0.25, 0.3) is 0 Å². The first-order valence-electron chi connectivity index (χ1n) is 10.1. The molecule has 0 spiro atoms. The summed E-state index contributed by atoms with van der Waals surface area (Å²) in [7, 11) is 0. The normalized spacial score (nSPS) is 13.1. The minimum atomic E-state index is -1.11. The van der Waals surface area contributed by atoms with Crippen molar-refractivity contribution < 1.29 is 24.2 Å². The zero-order valence-corrected chi connectivity index (χ0v) is 16.9. The van der Waals surface area contributed by atoms with Gasteiger partial charge < -0.3 is 20.5 Å². The van der Waals surface area contributed by atoms with E-state index in [1.54, 1.807) is 0 Å². The summed E-state index contributed by atoms with van der Waals surface area (Å²) in [6, 6.07) is 16.2. The van der Waals surface area contributed by atoms with E-state index >= 15 is 0 Å². The molecule has 7 heteroatoms. The van der Waals surface area contributed by atoms with Crippen molar-refractivity contribution in [2.24, 2.45) is 5.92 Å². The fourth-order valence-corrected chi connectivity index (χ4v) is 3.84. The van der Waals surface area contributed by atoms with Gasteiger partial charge in [-0.3, -0.25) is 9.59 Å². The van der Waals surface area contributed by atoms with Crippen molar-refractivity contribution in [3.05, 3.63) is 59.7 Å². The molecule has 0 fully saturated rings. The number of hydrogen-bond donors (Lipinski definition) is 3. The van der Waals surface area contributed by atoms with E-state index in [1.807, 2.05) is 43.3 Å². The van der Waals surface area contributed by atoms with Gasteiger partial charge in [-0.15, -0.1) is 0 Å². The maximum Gasteiger partial charge on any atom is 0.407 e. The number of ether oxygens (including phenoxy) is 1. The number of carboxylic acid groups (broad SMARTS) is 1. The van der Waals surface area contributed by atoms with E-state index in [9.17, 15) is 14.4 Å². The second-order valence-corrected chi connectivity index (χ2v) is 7.30. The average molecular weight is 410 g/mol. The summed E-state index contributed by atoms with van der Waals surface area (Å²) in [6.07, 6.45) is 0.677. The van der Waals surface area contributed by atoms with Crippen LogP contribution in [0.1, 0.15) is 36.8 Å². The van der Waals surface area contributed by atoms with Crippen molar-refractivity contribution in [3.8, 4) is 11.1 Å². The van der Waals surface area contributed by atoms with E-state index in [0.29, 0.717) is 6.42 Å². The molecule has 2 aromatic rings. The van der Waals surface area contributed by atoms with Crippen LogP contribution in [0.25, 0.3) is 11.1 Å². The second kappa shape index (κ2) is 9.91. The van der Waals surface area contributed by atoms with E-state index in [4.69, 9.17) is 9.84 Å². The highest BCUT2D eigenvalue weighted by Crippen LogP contribution is 2.44. The highest BCUT2D eigenvalue weighted by atomic mass is 16.5. The van der Waals surface area contributed by atoms with Gasteiger partial charge in [0.1, 0.15) is 13.2 Å². The number of amides is 2. The molecule has 158 valence electrons. The Balaban J connectivity index is 1.56. The summed E-state index contributed by atoms with van der Waals surface area (Å²) in [5.74, 6) is -2.04. The summed E-state index contributed by atoms with van der Waals surface area (Å²) >= 11 is 0. The maximum atomic E-state index is 12.3. The van der Waals surface area contributed by atoms with Crippen molar-refractivity contribution in [1.82, 2.24) is 10.6 Å². The molecule has 0 aliphatic heterocycles. The first-order valence-corrected chi connectivity index (χ1v) is 10.1. The number of nitrogens with one attached hydrogen (secondary N) is 2. The summed E-state index contributed by atoms with van der Waals surface area (Å²) < 4.78 is 5.47. The first kappa shape index (κ1) is 21.4. The smallest absolute Gasteiger partial charge is 0.407 e. The Hall–Kier alpha value is -3.35. The molecule has 3 N–H and O–H groups in total. The molecule has 1 aliphatic carbocycles. The molecule has 1 atom stereocenters. The van der Waals surface area contributed by atoms with Crippen LogP contribution in [0, 0.1) is 5.92 Å². The van der Waals surface area contributed by atoms with Gasteiger partial charge in [-0.25, -0.2) is 4.79 Å². The fraction of sp³-hybridized carbons (Fsp3) is 0.348. The third kappa shape index (κ3) is 4.97.